The Balaban J connectivity index is 1.65. The summed E-state index contributed by atoms with van der Waals surface area (Å²) in [5, 5.41) is 5.94. The minimum Gasteiger partial charge on any atom is -0.339 e. The van der Waals surface area contributed by atoms with Crippen molar-refractivity contribution in [3.8, 4) is 11.4 Å². The lowest BCUT2D eigenvalue weighted by molar-refractivity contribution is 0.0759. The maximum absolute atomic E-state index is 12.5. The molecule has 6 heteroatoms. The van der Waals surface area contributed by atoms with Gasteiger partial charge in [-0.3, -0.25) is 4.79 Å². The van der Waals surface area contributed by atoms with E-state index in [0.717, 1.165) is 23.4 Å². The predicted molar refractivity (Wildman–Crippen MR) is 94.0 cm³/mol. The summed E-state index contributed by atoms with van der Waals surface area (Å²) in [6.45, 7) is 3.35. The summed E-state index contributed by atoms with van der Waals surface area (Å²) < 4.78 is 5.32. The van der Waals surface area contributed by atoms with Crippen LogP contribution in [-0.4, -0.2) is 34.0 Å². The topological polar surface area (TPSA) is 59.2 Å². The van der Waals surface area contributed by atoms with Crippen molar-refractivity contribution in [1.82, 2.24) is 15.0 Å². The summed E-state index contributed by atoms with van der Waals surface area (Å²) in [6.07, 6.45) is 1.47. The highest BCUT2D eigenvalue weighted by molar-refractivity contribution is 7.12. The van der Waals surface area contributed by atoms with Crippen molar-refractivity contribution in [2.45, 2.75) is 19.8 Å². The minimum absolute atomic E-state index is 0.0645. The van der Waals surface area contributed by atoms with Gasteiger partial charge >= 0.3 is 0 Å². The maximum atomic E-state index is 12.5. The Bertz CT molecular complexity index is 769. The number of carbonyl (C=O) groups excluding carboxylic acids is 1. The molecule has 1 amide bonds. The van der Waals surface area contributed by atoms with E-state index in [1.54, 1.807) is 0 Å². The van der Waals surface area contributed by atoms with Crippen LogP contribution in [0.1, 0.15) is 28.9 Å². The molecule has 0 N–H and O–H groups in total. The molecule has 0 aliphatic carbocycles. The van der Waals surface area contributed by atoms with Gasteiger partial charge in [-0.25, -0.2) is 0 Å². The number of thiophene rings is 1. The van der Waals surface area contributed by atoms with Crippen LogP contribution in [0.25, 0.3) is 11.4 Å². The molecule has 0 unspecified atom stereocenters. The summed E-state index contributed by atoms with van der Waals surface area (Å²) in [5.41, 5.74) is 0.924. The van der Waals surface area contributed by atoms with E-state index in [0.29, 0.717) is 24.7 Å². The lowest BCUT2D eigenvalue weighted by Gasteiger charge is -2.20. The number of hydrogen-bond donors (Lipinski definition) is 0. The van der Waals surface area contributed by atoms with Crippen molar-refractivity contribution in [1.29, 1.82) is 0 Å². The number of benzene rings is 1. The first-order valence-corrected chi connectivity index (χ1v) is 8.86. The van der Waals surface area contributed by atoms with Gasteiger partial charge in [-0.1, -0.05) is 48.5 Å². The Hall–Kier alpha value is -2.47. The van der Waals surface area contributed by atoms with E-state index < -0.39 is 0 Å². The van der Waals surface area contributed by atoms with Crippen LogP contribution in [-0.2, 0) is 6.42 Å². The van der Waals surface area contributed by atoms with E-state index in [2.05, 4.69) is 17.1 Å². The van der Waals surface area contributed by atoms with Crippen LogP contribution < -0.4 is 0 Å². The second-order valence-electron chi connectivity index (χ2n) is 5.40. The molecule has 0 radical (unpaired) electrons. The van der Waals surface area contributed by atoms with Crippen molar-refractivity contribution >= 4 is 17.2 Å². The van der Waals surface area contributed by atoms with Gasteiger partial charge in [-0.15, -0.1) is 11.3 Å². The van der Waals surface area contributed by atoms with Gasteiger partial charge in [0, 0.05) is 25.1 Å². The van der Waals surface area contributed by atoms with Crippen LogP contribution in [0.3, 0.4) is 0 Å². The number of nitrogens with zero attached hydrogens (tertiary/aromatic N) is 3. The fraction of sp³-hybridized carbons (Fsp3) is 0.278. The molecule has 3 aromatic rings. The van der Waals surface area contributed by atoms with Gasteiger partial charge in [-0.05, 0) is 17.9 Å². The standard InChI is InChI=1S/C18H19N3O2S/c1-2-11-21(18(22)15-9-6-13-24-15)12-10-16-19-17(20-23-16)14-7-4-3-5-8-14/h3-9,13H,2,10-12H2,1H3. The molecule has 2 heterocycles. The molecule has 2 aromatic heterocycles. The molecule has 1 aromatic carbocycles. The van der Waals surface area contributed by atoms with E-state index in [4.69, 9.17) is 4.52 Å². The smallest absolute Gasteiger partial charge is 0.263 e. The molecule has 0 aliphatic rings. The molecule has 124 valence electrons. The van der Waals surface area contributed by atoms with Gasteiger partial charge < -0.3 is 9.42 Å². The fourth-order valence-electron chi connectivity index (χ4n) is 2.43. The molecule has 5 nitrogen and oxygen atoms in total. The summed E-state index contributed by atoms with van der Waals surface area (Å²) in [4.78, 5) is 19.5. The van der Waals surface area contributed by atoms with Crippen molar-refractivity contribution in [3.05, 3.63) is 58.6 Å². The minimum atomic E-state index is 0.0645. The predicted octanol–water partition coefficient (Wildman–Crippen LogP) is 3.89. The summed E-state index contributed by atoms with van der Waals surface area (Å²) in [5.74, 6) is 1.20. The highest BCUT2D eigenvalue weighted by atomic mass is 32.1. The third kappa shape index (κ3) is 3.89. The largest absolute Gasteiger partial charge is 0.339 e. The van der Waals surface area contributed by atoms with Gasteiger partial charge in [0.2, 0.25) is 11.7 Å². The van der Waals surface area contributed by atoms with Gasteiger partial charge in [0.1, 0.15) is 0 Å². The van der Waals surface area contributed by atoms with Crippen molar-refractivity contribution in [2.75, 3.05) is 13.1 Å². The molecule has 0 atom stereocenters. The Labute approximate surface area is 144 Å². The first-order chi connectivity index (χ1) is 11.8. The van der Waals surface area contributed by atoms with E-state index in [9.17, 15) is 4.79 Å². The summed E-state index contributed by atoms with van der Waals surface area (Å²) in [6, 6.07) is 13.5. The van der Waals surface area contributed by atoms with Crippen molar-refractivity contribution < 1.29 is 9.32 Å². The molecule has 0 fully saturated rings. The van der Waals surface area contributed by atoms with Gasteiger partial charge in [0.15, 0.2) is 0 Å². The Morgan fingerprint density at radius 1 is 1.17 bits per heavy atom. The normalized spacial score (nSPS) is 10.7. The molecule has 24 heavy (non-hydrogen) atoms. The molecule has 0 bridgehead atoms. The van der Waals surface area contributed by atoms with Gasteiger partial charge in [-0.2, -0.15) is 4.98 Å². The lowest BCUT2D eigenvalue weighted by atomic mass is 10.2. The zero-order valence-electron chi connectivity index (χ0n) is 13.5. The first-order valence-electron chi connectivity index (χ1n) is 7.98. The van der Waals surface area contributed by atoms with Crippen molar-refractivity contribution in [3.63, 3.8) is 0 Å². The first kappa shape index (κ1) is 16.4. The Morgan fingerprint density at radius 3 is 2.71 bits per heavy atom. The third-order valence-corrected chi connectivity index (χ3v) is 4.47. The monoisotopic (exact) mass is 341 g/mol. The van der Waals surface area contributed by atoms with Crippen LogP contribution in [0.4, 0.5) is 0 Å². The van der Waals surface area contributed by atoms with E-state index in [-0.39, 0.29) is 5.91 Å². The number of hydrogen-bond acceptors (Lipinski definition) is 5. The van der Waals surface area contributed by atoms with Crippen LogP contribution in [0, 0.1) is 0 Å². The average Bonchev–Trinajstić information content (AvgIpc) is 3.30. The van der Waals surface area contributed by atoms with Crippen molar-refractivity contribution in [2.24, 2.45) is 0 Å². The highest BCUT2D eigenvalue weighted by Crippen LogP contribution is 2.16. The Morgan fingerprint density at radius 2 is 2.00 bits per heavy atom. The highest BCUT2D eigenvalue weighted by Gasteiger charge is 2.17. The summed E-state index contributed by atoms with van der Waals surface area (Å²) >= 11 is 1.47. The van der Waals surface area contributed by atoms with Crippen LogP contribution in [0.15, 0.2) is 52.4 Å². The maximum Gasteiger partial charge on any atom is 0.263 e. The zero-order valence-corrected chi connectivity index (χ0v) is 14.3. The number of carbonyl (C=O) groups is 1. The SMILES string of the molecule is CCCN(CCc1nc(-c2ccccc2)no1)C(=O)c1cccs1. The van der Waals surface area contributed by atoms with Crippen LogP contribution in [0.5, 0.6) is 0 Å². The van der Waals surface area contributed by atoms with E-state index in [1.807, 2.05) is 52.7 Å². The quantitative estimate of drug-likeness (QED) is 0.654. The molecular formula is C18H19N3O2S. The second-order valence-corrected chi connectivity index (χ2v) is 6.34. The van der Waals surface area contributed by atoms with Gasteiger partial charge in [0.25, 0.3) is 5.91 Å². The summed E-state index contributed by atoms with van der Waals surface area (Å²) in [7, 11) is 0. The molecule has 0 saturated heterocycles. The molecule has 0 aliphatic heterocycles. The Kier molecular flexibility index (Phi) is 5.38. The van der Waals surface area contributed by atoms with E-state index >= 15 is 0 Å². The molecular weight excluding hydrogens is 322 g/mol. The molecule has 0 spiro atoms. The van der Waals surface area contributed by atoms with Crippen LogP contribution in [0.2, 0.25) is 0 Å². The number of aromatic nitrogens is 2. The number of rotatable bonds is 7. The second kappa shape index (κ2) is 7.88. The average molecular weight is 341 g/mol. The molecule has 0 saturated carbocycles. The molecule has 3 rings (SSSR count). The van der Waals surface area contributed by atoms with Gasteiger partial charge in [0.05, 0.1) is 4.88 Å². The lowest BCUT2D eigenvalue weighted by Crippen LogP contribution is -2.33. The van der Waals surface area contributed by atoms with E-state index in [1.165, 1.54) is 11.3 Å². The zero-order chi connectivity index (χ0) is 16.8. The third-order valence-electron chi connectivity index (χ3n) is 3.61. The van der Waals surface area contributed by atoms with Crippen LogP contribution >= 0.6 is 11.3 Å². The number of amides is 1. The fourth-order valence-corrected chi connectivity index (χ4v) is 3.12.